The number of rotatable bonds is 4. The Hall–Kier alpha value is -1.84. The highest BCUT2D eigenvalue weighted by Gasteiger charge is 2.16. The van der Waals surface area contributed by atoms with Gasteiger partial charge in [0.1, 0.15) is 13.1 Å². The summed E-state index contributed by atoms with van der Waals surface area (Å²) < 4.78 is 4.39. The van der Waals surface area contributed by atoms with E-state index in [4.69, 9.17) is 0 Å². The Kier molecular flexibility index (Phi) is 5.45. The molecule has 0 unspecified atom stereocenters. The fraction of sp³-hybridized carbons (Fsp3) is 0.316. The molecular formula is C19H23ClN2O. The Balaban J connectivity index is 0.00000192. The highest BCUT2D eigenvalue weighted by Crippen LogP contribution is 2.18. The number of aliphatic hydroxyl groups is 1. The number of halogens is 1. The largest absolute Gasteiger partial charge is 1.00 e. The van der Waals surface area contributed by atoms with Gasteiger partial charge in [-0.2, -0.15) is 0 Å². The van der Waals surface area contributed by atoms with Crippen molar-refractivity contribution >= 4 is 11.0 Å². The Morgan fingerprint density at radius 1 is 1.04 bits per heavy atom. The van der Waals surface area contributed by atoms with Gasteiger partial charge in [-0.1, -0.05) is 29.8 Å². The zero-order chi connectivity index (χ0) is 15.7. The number of hydrogen-bond donors (Lipinski definition) is 1. The number of hydrogen-bond acceptors (Lipinski definition) is 1. The number of aliphatic hydroxyl groups excluding tert-OH is 1. The molecule has 3 nitrogen and oxygen atoms in total. The number of imidazole rings is 1. The maximum atomic E-state index is 9.27. The van der Waals surface area contributed by atoms with Gasteiger partial charge in [-0.05, 0) is 49.6 Å². The molecule has 1 N–H and O–H groups in total. The molecule has 3 aromatic rings. The summed E-state index contributed by atoms with van der Waals surface area (Å²) in [5.74, 6) is 0. The molecular weight excluding hydrogens is 308 g/mol. The molecule has 0 fully saturated rings. The SMILES string of the molecule is Cc1cc(C)c(C[n+]2cn(CCO)c3ccccc32)c(C)c1.[Cl-]. The second-order valence-corrected chi connectivity index (χ2v) is 6.03. The number of fused-ring (bicyclic) bond motifs is 1. The molecule has 0 saturated heterocycles. The molecule has 0 saturated carbocycles. The second kappa shape index (κ2) is 7.16. The van der Waals surface area contributed by atoms with Crippen molar-refractivity contribution in [3.63, 3.8) is 0 Å². The second-order valence-electron chi connectivity index (χ2n) is 6.03. The van der Waals surface area contributed by atoms with Gasteiger partial charge < -0.3 is 17.5 Å². The van der Waals surface area contributed by atoms with Gasteiger partial charge in [0.25, 0.3) is 0 Å². The summed E-state index contributed by atoms with van der Waals surface area (Å²) in [5, 5.41) is 9.27. The molecule has 0 spiro atoms. The van der Waals surface area contributed by atoms with E-state index in [-0.39, 0.29) is 19.0 Å². The van der Waals surface area contributed by atoms with Crippen LogP contribution in [0.5, 0.6) is 0 Å². The molecule has 3 rings (SSSR count). The molecule has 0 amide bonds. The molecule has 0 bridgehead atoms. The molecule has 0 radical (unpaired) electrons. The van der Waals surface area contributed by atoms with Gasteiger partial charge in [0.15, 0.2) is 11.0 Å². The highest BCUT2D eigenvalue weighted by atomic mass is 35.5. The van der Waals surface area contributed by atoms with Gasteiger partial charge >= 0.3 is 0 Å². The fourth-order valence-electron chi connectivity index (χ4n) is 3.28. The van der Waals surface area contributed by atoms with E-state index in [1.807, 2.05) is 6.07 Å². The van der Waals surface area contributed by atoms with E-state index in [2.05, 4.69) is 66.6 Å². The van der Waals surface area contributed by atoms with Crippen molar-refractivity contribution in [2.24, 2.45) is 0 Å². The topological polar surface area (TPSA) is 29.0 Å². The van der Waals surface area contributed by atoms with Crippen molar-refractivity contribution in [1.82, 2.24) is 4.57 Å². The van der Waals surface area contributed by atoms with E-state index in [1.54, 1.807) is 0 Å². The molecule has 23 heavy (non-hydrogen) atoms. The zero-order valence-corrected chi connectivity index (χ0v) is 14.6. The van der Waals surface area contributed by atoms with Crippen LogP contribution >= 0.6 is 0 Å². The standard InChI is InChI=1S/C19H23N2O.ClH/c1-14-10-15(2)17(16(3)11-14)12-21-13-20(8-9-22)18-6-4-5-7-19(18)21;/h4-7,10-11,13,22H,8-9,12H2,1-3H3;1H/q+1;/p-1. The van der Waals surface area contributed by atoms with Crippen molar-refractivity contribution < 1.29 is 22.1 Å². The number of para-hydroxylation sites is 2. The van der Waals surface area contributed by atoms with Crippen LogP contribution in [0, 0.1) is 20.8 Å². The summed E-state index contributed by atoms with van der Waals surface area (Å²) >= 11 is 0. The van der Waals surface area contributed by atoms with Gasteiger partial charge in [0, 0.05) is 0 Å². The quantitative estimate of drug-likeness (QED) is 0.665. The van der Waals surface area contributed by atoms with Crippen LogP contribution in [0.4, 0.5) is 0 Å². The number of nitrogens with zero attached hydrogens (tertiary/aromatic N) is 2. The molecule has 2 aromatic carbocycles. The normalized spacial score (nSPS) is 10.8. The van der Waals surface area contributed by atoms with Crippen LogP contribution in [0.3, 0.4) is 0 Å². The van der Waals surface area contributed by atoms with Gasteiger partial charge in [0.05, 0.1) is 6.61 Å². The summed E-state index contributed by atoms with van der Waals surface area (Å²) in [6, 6.07) is 12.9. The first kappa shape index (κ1) is 17.5. The molecule has 1 aromatic heterocycles. The lowest BCUT2D eigenvalue weighted by Gasteiger charge is -2.09. The third kappa shape index (κ3) is 3.41. The van der Waals surface area contributed by atoms with Crippen LogP contribution in [0.2, 0.25) is 0 Å². The number of aryl methyl sites for hydroxylation is 3. The van der Waals surface area contributed by atoms with Crippen LogP contribution < -0.4 is 17.0 Å². The minimum absolute atomic E-state index is 0. The van der Waals surface area contributed by atoms with Crippen LogP contribution in [0.15, 0.2) is 42.7 Å². The van der Waals surface area contributed by atoms with Crippen LogP contribution in [-0.4, -0.2) is 16.3 Å². The van der Waals surface area contributed by atoms with Crippen LogP contribution in [0.1, 0.15) is 22.3 Å². The zero-order valence-electron chi connectivity index (χ0n) is 13.9. The van der Waals surface area contributed by atoms with Crippen molar-refractivity contribution in [2.75, 3.05) is 6.61 Å². The first-order valence-corrected chi connectivity index (χ1v) is 7.75. The molecule has 0 atom stereocenters. The van der Waals surface area contributed by atoms with Crippen molar-refractivity contribution in [3.05, 3.63) is 65.0 Å². The number of benzene rings is 2. The van der Waals surface area contributed by atoms with Gasteiger partial charge in [0.2, 0.25) is 6.33 Å². The minimum Gasteiger partial charge on any atom is -1.00 e. The Bertz CT molecular complexity index is 800. The minimum atomic E-state index is 0. The van der Waals surface area contributed by atoms with E-state index in [9.17, 15) is 5.11 Å². The van der Waals surface area contributed by atoms with Crippen LogP contribution in [0.25, 0.3) is 11.0 Å². The molecule has 0 aliphatic carbocycles. The fourth-order valence-corrected chi connectivity index (χ4v) is 3.28. The monoisotopic (exact) mass is 330 g/mol. The van der Waals surface area contributed by atoms with Gasteiger partial charge in [-0.25, -0.2) is 9.13 Å². The summed E-state index contributed by atoms with van der Waals surface area (Å²) in [6.07, 6.45) is 2.11. The third-order valence-electron chi connectivity index (χ3n) is 4.29. The van der Waals surface area contributed by atoms with E-state index in [0.29, 0.717) is 6.54 Å². The first-order chi connectivity index (χ1) is 10.6. The third-order valence-corrected chi connectivity index (χ3v) is 4.29. The lowest BCUT2D eigenvalue weighted by molar-refractivity contribution is -0.663. The highest BCUT2D eigenvalue weighted by molar-refractivity contribution is 5.71. The molecule has 0 aliphatic heterocycles. The van der Waals surface area contributed by atoms with E-state index in [0.717, 1.165) is 6.54 Å². The Labute approximate surface area is 143 Å². The summed E-state index contributed by atoms with van der Waals surface area (Å²) in [6.45, 7) is 8.15. The van der Waals surface area contributed by atoms with E-state index >= 15 is 0 Å². The average molecular weight is 331 g/mol. The summed E-state index contributed by atoms with van der Waals surface area (Å²) in [4.78, 5) is 0. The van der Waals surface area contributed by atoms with Crippen molar-refractivity contribution in [2.45, 2.75) is 33.9 Å². The average Bonchev–Trinajstić information content (AvgIpc) is 2.82. The molecule has 1 heterocycles. The molecule has 0 aliphatic rings. The lowest BCUT2D eigenvalue weighted by Crippen LogP contribution is -3.00. The van der Waals surface area contributed by atoms with Gasteiger partial charge in [-0.3, -0.25) is 0 Å². The summed E-state index contributed by atoms with van der Waals surface area (Å²) in [5.41, 5.74) is 7.73. The summed E-state index contributed by atoms with van der Waals surface area (Å²) in [7, 11) is 0. The number of aromatic nitrogens is 2. The van der Waals surface area contributed by atoms with Crippen molar-refractivity contribution in [1.29, 1.82) is 0 Å². The lowest BCUT2D eigenvalue weighted by atomic mass is 10.00. The molecule has 122 valence electrons. The maximum Gasteiger partial charge on any atom is 0.245 e. The Morgan fingerprint density at radius 2 is 1.70 bits per heavy atom. The predicted molar refractivity (Wildman–Crippen MR) is 89.0 cm³/mol. The van der Waals surface area contributed by atoms with Crippen LogP contribution in [-0.2, 0) is 13.1 Å². The van der Waals surface area contributed by atoms with Gasteiger partial charge in [-0.15, -0.1) is 0 Å². The van der Waals surface area contributed by atoms with Crippen molar-refractivity contribution in [3.8, 4) is 0 Å². The van der Waals surface area contributed by atoms with E-state index < -0.39 is 0 Å². The Morgan fingerprint density at radius 3 is 2.35 bits per heavy atom. The first-order valence-electron chi connectivity index (χ1n) is 7.75. The molecule has 4 heteroatoms. The predicted octanol–water partition coefficient (Wildman–Crippen LogP) is -0.101. The smallest absolute Gasteiger partial charge is 0.245 e. The van der Waals surface area contributed by atoms with E-state index in [1.165, 1.54) is 33.3 Å². The maximum absolute atomic E-state index is 9.27.